The number of hydrogen-bond acceptors (Lipinski definition) is 1. The van der Waals surface area contributed by atoms with Crippen LogP contribution in [-0.4, -0.2) is 9.78 Å². The predicted molar refractivity (Wildman–Crippen MR) is 54.2 cm³/mol. The zero-order valence-corrected chi connectivity index (χ0v) is 9.27. The molecule has 0 aliphatic carbocycles. The largest absolute Gasteiger partial charge is 0.264 e. The third-order valence-corrected chi connectivity index (χ3v) is 2.86. The van der Waals surface area contributed by atoms with Gasteiger partial charge in [-0.2, -0.15) is 5.10 Å². The third kappa shape index (κ3) is 1.78. The van der Waals surface area contributed by atoms with Gasteiger partial charge in [0.1, 0.15) is 0 Å². The molecule has 1 rings (SSSR count). The second kappa shape index (κ2) is 3.44. The van der Waals surface area contributed by atoms with E-state index in [4.69, 9.17) is 0 Å². The molecule has 0 unspecified atom stereocenters. The standard InChI is InChI=1S/C9H13BrN2/c1-6(2)5-12-8(4)9(10)7(3)11-12/h1,5H2,2-4H3. The van der Waals surface area contributed by atoms with Crippen LogP contribution in [0.4, 0.5) is 0 Å². The summed E-state index contributed by atoms with van der Waals surface area (Å²) in [7, 11) is 0. The maximum absolute atomic E-state index is 4.36. The third-order valence-electron chi connectivity index (χ3n) is 1.71. The Morgan fingerprint density at radius 1 is 1.58 bits per heavy atom. The minimum atomic E-state index is 0.804. The van der Waals surface area contributed by atoms with Gasteiger partial charge in [0.25, 0.3) is 0 Å². The Morgan fingerprint density at radius 2 is 2.17 bits per heavy atom. The van der Waals surface area contributed by atoms with Gasteiger partial charge in [0.05, 0.1) is 22.4 Å². The van der Waals surface area contributed by atoms with Crippen molar-refractivity contribution in [3.63, 3.8) is 0 Å². The van der Waals surface area contributed by atoms with E-state index in [1.807, 2.05) is 25.5 Å². The SMILES string of the molecule is C=C(C)Cn1nc(C)c(Br)c1C. The summed E-state index contributed by atoms with van der Waals surface area (Å²) in [6, 6.07) is 0. The first-order chi connectivity index (χ1) is 5.52. The van der Waals surface area contributed by atoms with Crippen molar-refractivity contribution in [3.05, 3.63) is 28.0 Å². The Kier molecular flexibility index (Phi) is 2.73. The molecule has 0 amide bonds. The van der Waals surface area contributed by atoms with E-state index in [-0.39, 0.29) is 0 Å². The van der Waals surface area contributed by atoms with Crippen molar-refractivity contribution < 1.29 is 0 Å². The van der Waals surface area contributed by atoms with Crippen molar-refractivity contribution in [2.75, 3.05) is 0 Å². The second-order valence-electron chi connectivity index (χ2n) is 3.10. The summed E-state index contributed by atoms with van der Waals surface area (Å²) in [6.07, 6.45) is 0. The van der Waals surface area contributed by atoms with E-state index in [0.29, 0.717) is 0 Å². The van der Waals surface area contributed by atoms with E-state index in [0.717, 1.165) is 28.0 Å². The topological polar surface area (TPSA) is 17.8 Å². The Morgan fingerprint density at radius 3 is 2.50 bits per heavy atom. The molecule has 0 atom stereocenters. The summed E-state index contributed by atoms with van der Waals surface area (Å²) >= 11 is 3.48. The first-order valence-corrected chi connectivity index (χ1v) is 4.65. The molecule has 0 aromatic carbocycles. The summed E-state index contributed by atoms with van der Waals surface area (Å²) in [5.74, 6) is 0. The van der Waals surface area contributed by atoms with Crippen LogP contribution in [-0.2, 0) is 6.54 Å². The van der Waals surface area contributed by atoms with Crippen LogP contribution in [0.5, 0.6) is 0 Å². The van der Waals surface area contributed by atoms with E-state index >= 15 is 0 Å². The molecule has 0 aliphatic rings. The molecule has 66 valence electrons. The van der Waals surface area contributed by atoms with Crippen LogP contribution in [0.25, 0.3) is 0 Å². The number of nitrogens with zero attached hydrogens (tertiary/aromatic N) is 2. The molecule has 1 aromatic heterocycles. The average Bonchev–Trinajstić information content (AvgIpc) is 2.17. The molecule has 0 aliphatic heterocycles. The number of allylic oxidation sites excluding steroid dienone is 1. The summed E-state index contributed by atoms with van der Waals surface area (Å²) in [6.45, 7) is 10.7. The van der Waals surface area contributed by atoms with Crippen LogP contribution in [0.3, 0.4) is 0 Å². The first kappa shape index (κ1) is 9.52. The molecule has 0 fully saturated rings. The quantitative estimate of drug-likeness (QED) is 0.713. The van der Waals surface area contributed by atoms with E-state index < -0.39 is 0 Å². The lowest BCUT2D eigenvalue weighted by Crippen LogP contribution is -2.02. The molecular formula is C9H13BrN2. The predicted octanol–water partition coefficient (Wildman–Crippen LogP) is 2.84. The van der Waals surface area contributed by atoms with Crippen molar-refractivity contribution in [1.82, 2.24) is 9.78 Å². The summed E-state index contributed by atoms with van der Waals surface area (Å²) in [4.78, 5) is 0. The minimum Gasteiger partial charge on any atom is -0.264 e. The van der Waals surface area contributed by atoms with Gasteiger partial charge in [-0.15, -0.1) is 0 Å². The molecule has 2 nitrogen and oxygen atoms in total. The van der Waals surface area contributed by atoms with Gasteiger partial charge in [-0.3, -0.25) is 4.68 Å². The van der Waals surface area contributed by atoms with E-state index in [1.165, 1.54) is 0 Å². The molecule has 0 radical (unpaired) electrons. The van der Waals surface area contributed by atoms with Gasteiger partial charge in [0.15, 0.2) is 0 Å². The van der Waals surface area contributed by atoms with Crippen LogP contribution >= 0.6 is 15.9 Å². The minimum absolute atomic E-state index is 0.804. The molecule has 3 heteroatoms. The van der Waals surface area contributed by atoms with Gasteiger partial charge in [0, 0.05) is 0 Å². The summed E-state index contributed by atoms with van der Waals surface area (Å²) in [5, 5.41) is 4.36. The maximum Gasteiger partial charge on any atom is 0.0738 e. The highest BCUT2D eigenvalue weighted by molar-refractivity contribution is 9.10. The molecule has 1 aromatic rings. The Balaban J connectivity index is 3.01. The van der Waals surface area contributed by atoms with Gasteiger partial charge in [0.2, 0.25) is 0 Å². The molecular weight excluding hydrogens is 216 g/mol. The van der Waals surface area contributed by atoms with Crippen LogP contribution in [0.1, 0.15) is 18.3 Å². The lowest BCUT2D eigenvalue weighted by atomic mass is 10.3. The number of aryl methyl sites for hydroxylation is 1. The highest BCUT2D eigenvalue weighted by Crippen LogP contribution is 2.20. The Hall–Kier alpha value is -0.570. The highest BCUT2D eigenvalue weighted by atomic mass is 79.9. The first-order valence-electron chi connectivity index (χ1n) is 3.86. The average molecular weight is 229 g/mol. The fraction of sp³-hybridized carbons (Fsp3) is 0.444. The maximum atomic E-state index is 4.36. The number of halogens is 1. The second-order valence-corrected chi connectivity index (χ2v) is 3.89. The lowest BCUT2D eigenvalue weighted by Gasteiger charge is -2.02. The molecule has 0 spiro atoms. The molecule has 0 saturated heterocycles. The van der Waals surface area contributed by atoms with Crippen LogP contribution in [0, 0.1) is 13.8 Å². The van der Waals surface area contributed by atoms with Crippen molar-refractivity contribution in [2.45, 2.75) is 27.3 Å². The Bertz CT molecular complexity index is 313. The van der Waals surface area contributed by atoms with Gasteiger partial charge in [-0.1, -0.05) is 12.2 Å². The molecule has 1 heterocycles. The monoisotopic (exact) mass is 228 g/mol. The van der Waals surface area contributed by atoms with Crippen LogP contribution in [0.15, 0.2) is 16.6 Å². The molecule has 12 heavy (non-hydrogen) atoms. The normalized spacial score (nSPS) is 10.3. The molecule has 0 bridgehead atoms. The van der Waals surface area contributed by atoms with Gasteiger partial charge >= 0.3 is 0 Å². The lowest BCUT2D eigenvalue weighted by molar-refractivity contribution is 0.651. The summed E-state index contributed by atoms with van der Waals surface area (Å²) in [5.41, 5.74) is 3.32. The fourth-order valence-corrected chi connectivity index (χ4v) is 1.37. The van der Waals surface area contributed by atoms with Crippen molar-refractivity contribution >= 4 is 15.9 Å². The fourth-order valence-electron chi connectivity index (χ4n) is 1.08. The van der Waals surface area contributed by atoms with Gasteiger partial charge in [-0.25, -0.2) is 0 Å². The van der Waals surface area contributed by atoms with E-state index in [2.05, 4.69) is 27.6 Å². The summed E-state index contributed by atoms with van der Waals surface area (Å²) < 4.78 is 3.06. The van der Waals surface area contributed by atoms with Crippen LogP contribution in [0.2, 0.25) is 0 Å². The van der Waals surface area contributed by atoms with Gasteiger partial charge in [-0.05, 0) is 36.7 Å². The van der Waals surface area contributed by atoms with Crippen molar-refractivity contribution in [3.8, 4) is 0 Å². The number of hydrogen-bond donors (Lipinski definition) is 0. The molecule has 0 N–H and O–H groups in total. The van der Waals surface area contributed by atoms with Crippen molar-refractivity contribution in [1.29, 1.82) is 0 Å². The number of rotatable bonds is 2. The van der Waals surface area contributed by atoms with Gasteiger partial charge < -0.3 is 0 Å². The zero-order valence-electron chi connectivity index (χ0n) is 7.69. The van der Waals surface area contributed by atoms with E-state index in [1.54, 1.807) is 0 Å². The highest BCUT2D eigenvalue weighted by Gasteiger charge is 2.07. The van der Waals surface area contributed by atoms with Crippen LogP contribution < -0.4 is 0 Å². The zero-order chi connectivity index (χ0) is 9.30. The van der Waals surface area contributed by atoms with E-state index in [9.17, 15) is 0 Å². The Labute approximate surface area is 81.4 Å². The smallest absolute Gasteiger partial charge is 0.0738 e. The molecule has 0 saturated carbocycles. The van der Waals surface area contributed by atoms with Crippen molar-refractivity contribution in [2.24, 2.45) is 0 Å². The number of aromatic nitrogens is 2.